The first-order valence-corrected chi connectivity index (χ1v) is 5.67. The fourth-order valence-electron chi connectivity index (χ4n) is 1.45. The molecular weight excluding hydrogens is 302 g/mol. The fraction of sp³-hybridized carbons (Fsp3) is 0.625. The van der Waals surface area contributed by atoms with Gasteiger partial charge >= 0.3 is 6.09 Å². The summed E-state index contributed by atoms with van der Waals surface area (Å²) in [7, 11) is 0. The molecule has 1 atom stereocenters. The first-order valence-electron chi connectivity index (χ1n) is 4.08. The Labute approximate surface area is 94.0 Å². The zero-order valence-corrected chi connectivity index (χ0v) is 10.2. The number of halogens is 2. The Morgan fingerprint density at radius 3 is 2.77 bits per heavy atom. The van der Waals surface area contributed by atoms with Gasteiger partial charge in [-0.2, -0.15) is 0 Å². The number of rotatable bonds is 2. The van der Waals surface area contributed by atoms with Crippen molar-refractivity contribution in [1.82, 2.24) is 4.90 Å². The molecule has 1 N–H and O–H groups in total. The van der Waals surface area contributed by atoms with Crippen LogP contribution >= 0.6 is 31.9 Å². The molecular formula is C8H11Br2NO2. The van der Waals surface area contributed by atoms with Crippen LogP contribution in [-0.4, -0.2) is 29.2 Å². The average Bonchev–Trinajstić information content (AvgIpc) is 2.48. The number of carbonyl (C=O) groups is 1. The molecule has 3 nitrogen and oxygen atoms in total. The number of hydrogen-bond donors (Lipinski definition) is 1. The molecule has 1 aliphatic rings. The lowest BCUT2D eigenvalue weighted by atomic mass is 10.1. The lowest BCUT2D eigenvalue weighted by Gasteiger charge is -2.10. The molecule has 0 aliphatic carbocycles. The van der Waals surface area contributed by atoms with Crippen LogP contribution in [0.2, 0.25) is 0 Å². The lowest BCUT2D eigenvalue weighted by molar-refractivity contribution is 0.154. The smallest absolute Gasteiger partial charge is 0.407 e. The highest BCUT2D eigenvalue weighted by molar-refractivity contribution is 9.28. The first kappa shape index (κ1) is 11.0. The maximum atomic E-state index is 10.6. The molecule has 1 heterocycles. The van der Waals surface area contributed by atoms with Gasteiger partial charge in [-0.15, -0.1) is 0 Å². The van der Waals surface area contributed by atoms with E-state index in [1.807, 2.05) is 6.08 Å². The number of hydrogen-bond acceptors (Lipinski definition) is 1. The van der Waals surface area contributed by atoms with Gasteiger partial charge in [0.05, 0.1) is 3.39 Å². The van der Waals surface area contributed by atoms with Gasteiger partial charge < -0.3 is 10.0 Å². The highest BCUT2D eigenvalue weighted by atomic mass is 79.9. The van der Waals surface area contributed by atoms with Crippen molar-refractivity contribution in [2.75, 3.05) is 13.1 Å². The summed E-state index contributed by atoms with van der Waals surface area (Å²) in [6.07, 6.45) is 3.12. The summed E-state index contributed by atoms with van der Waals surface area (Å²) in [5.41, 5.74) is 0. The monoisotopic (exact) mass is 311 g/mol. The van der Waals surface area contributed by atoms with Crippen molar-refractivity contribution in [3.8, 4) is 0 Å². The Morgan fingerprint density at radius 2 is 2.31 bits per heavy atom. The van der Waals surface area contributed by atoms with E-state index in [0.717, 1.165) is 16.2 Å². The summed E-state index contributed by atoms with van der Waals surface area (Å²) in [6.45, 7) is 1.34. The Morgan fingerprint density at radius 1 is 1.62 bits per heavy atom. The summed E-state index contributed by atoms with van der Waals surface area (Å²) in [5, 5.41) is 8.70. The second-order valence-corrected chi connectivity index (χ2v) is 5.89. The second-order valence-electron chi connectivity index (χ2n) is 3.11. The van der Waals surface area contributed by atoms with E-state index in [9.17, 15) is 4.79 Å². The SMILES string of the molecule is O=C(O)N1CCC(CC=C(Br)Br)C1. The van der Waals surface area contributed by atoms with E-state index >= 15 is 0 Å². The molecule has 0 saturated carbocycles. The minimum atomic E-state index is -0.801. The number of allylic oxidation sites excluding steroid dienone is 1. The molecule has 1 fully saturated rings. The summed E-state index contributed by atoms with van der Waals surface area (Å²) in [6, 6.07) is 0. The van der Waals surface area contributed by atoms with Crippen LogP contribution in [0.15, 0.2) is 9.47 Å². The summed E-state index contributed by atoms with van der Waals surface area (Å²) >= 11 is 6.55. The van der Waals surface area contributed by atoms with Gasteiger partial charge in [0.25, 0.3) is 0 Å². The van der Waals surface area contributed by atoms with Crippen LogP contribution in [0.5, 0.6) is 0 Å². The van der Waals surface area contributed by atoms with E-state index in [1.54, 1.807) is 0 Å². The Balaban J connectivity index is 2.33. The van der Waals surface area contributed by atoms with Crippen molar-refractivity contribution >= 4 is 38.0 Å². The van der Waals surface area contributed by atoms with Crippen LogP contribution in [0.3, 0.4) is 0 Å². The molecule has 13 heavy (non-hydrogen) atoms. The minimum absolute atomic E-state index is 0.473. The number of likely N-dealkylation sites (tertiary alicyclic amines) is 1. The highest BCUT2D eigenvalue weighted by Gasteiger charge is 2.24. The van der Waals surface area contributed by atoms with Crippen molar-refractivity contribution in [3.63, 3.8) is 0 Å². The van der Waals surface area contributed by atoms with Gasteiger partial charge in [0.15, 0.2) is 0 Å². The summed E-state index contributed by atoms with van der Waals surface area (Å²) in [4.78, 5) is 12.1. The van der Waals surface area contributed by atoms with Gasteiger partial charge in [-0.1, -0.05) is 6.08 Å². The third kappa shape index (κ3) is 3.68. The molecule has 0 radical (unpaired) electrons. The predicted molar refractivity (Wildman–Crippen MR) is 58.3 cm³/mol. The average molecular weight is 313 g/mol. The largest absolute Gasteiger partial charge is 0.465 e. The van der Waals surface area contributed by atoms with Crippen molar-refractivity contribution in [2.24, 2.45) is 5.92 Å². The van der Waals surface area contributed by atoms with Gasteiger partial charge in [-0.3, -0.25) is 0 Å². The summed E-state index contributed by atoms with van der Waals surface area (Å²) < 4.78 is 0.939. The van der Waals surface area contributed by atoms with E-state index in [4.69, 9.17) is 5.11 Å². The molecule has 1 amide bonds. The third-order valence-electron chi connectivity index (χ3n) is 2.16. The van der Waals surface area contributed by atoms with Crippen LogP contribution in [0.1, 0.15) is 12.8 Å². The molecule has 0 spiro atoms. The van der Waals surface area contributed by atoms with Crippen molar-refractivity contribution in [1.29, 1.82) is 0 Å². The van der Waals surface area contributed by atoms with E-state index in [0.29, 0.717) is 19.0 Å². The highest BCUT2D eigenvalue weighted by Crippen LogP contribution is 2.23. The van der Waals surface area contributed by atoms with Crippen molar-refractivity contribution in [2.45, 2.75) is 12.8 Å². The predicted octanol–water partition coefficient (Wildman–Crippen LogP) is 3.01. The minimum Gasteiger partial charge on any atom is -0.465 e. The normalized spacial score (nSPS) is 21.7. The number of carboxylic acid groups (broad SMARTS) is 1. The van der Waals surface area contributed by atoms with Crippen molar-refractivity contribution in [3.05, 3.63) is 9.47 Å². The zero-order valence-electron chi connectivity index (χ0n) is 7.04. The molecule has 1 saturated heterocycles. The zero-order chi connectivity index (χ0) is 9.84. The second kappa shape index (κ2) is 5.00. The molecule has 1 rings (SSSR count). The molecule has 1 unspecified atom stereocenters. The van der Waals surface area contributed by atoms with E-state index in [2.05, 4.69) is 31.9 Å². The van der Waals surface area contributed by atoms with Crippen LogP contribution in [0, 0.1) is 5.92 Å². The van der Waals surface area contributed by atoms with Gasteiger partial charge in [0.2, 0.25) is 0 Å². The van der Waals surface area contributed by atoms with Crippen LogP contribution in [0.4, 0.5) is 4.79 Å². The molecule has 0 bridgehead atoms. The van der Waals surface area contributed by atoms with E-state index in [-0.39, 0.29) is 0 Å². The third-order valence-corrected chi connectivity index (χ3v) is 2.81. The maximum absolute atomic E-state index is 10.6. The van der Waals surface area contributed by atoms with E-state index in [1.165, 1.54) is 4.90 Å². The Hall–Kier alpha value is -0.0300. The standard InChI is InChI=1S/C8H11Br2NO2/c9-7(10)2-1-6-3-4-11(5-6)8(12)13/h2,6H,1,3-5H2,(H,12,13). The quantitative estimate of drug-likeness (QED) is 0.851. The molecule has 74 valence electrons. The van der Waals surface area contributed by atoms with Crippen molar-refractivity contribution < 1.29 is 9.90 Å². The Kier molecular flexibility index (Phi) is 4.25. The first-order chi connectivity index (χ1) is 6.09. The lowest BCUT2D eigenvalue weighted by Crippen LogP contribution is -2.26. The molecule has 1 aliphatic heterocycles. The van der Waals surface area contributed by atoms with Crippen LogP contribution in [0.25, 0.3) is 0 Å². The van der Waals surface area contributed by atoms with Gasteiger partial charge in [0, 0.05) is 13.1 Å². The number of nitrogens with zero attached hydrogens (tertiary/aromatic N) is 1. The Bertz CT molecular complexity index is 226. The maximum Gasteiger partial charge on any atom is 0.407 e. The molecule has 0 aromatic carbocycles. The van der Waals surface area contributed by atoms with Crippen LogP contribution in [-0.2, 0) is 0 Å². The van der Waals surface area contributed by atoms with E-state index < -0.39 is 6.09 Å². The number of amides is 1. The fourth-order valence-corrected chi connectivity index (χ4v) is 1.83. The molecule has 0 aromatic rings. The van der Waals surface area contributed by atoms with Crippen LogP contribution < -0.4 is 0 Å². The summed E-state index contributed by atoms with van der Waals surface area (Å²) in [5.74, 6) is 0.473. The van der Waals surface area contributed by atoms with Gasteiger partial charge in [0.1, 0.15) is 0 Å². The van der Waals surface area contributed by atoms with Gasteiger partial charge in [-0.25, -0.2) is 4.79 Å². The molecule has 5 heteroatoms. The topological polar surface area (TPSA) is 40.5 Å². The molecule has 0 aromatic heterocycles. The van der Waals surface area contributed by atoms with Gasteiger partial charge in [-0.05, 0) is 50.6 Å².